The molecule has 1 fully saturated rings. The number of nitrogen functional groups attached to an aromatic ring is 1. The summed E-state index contributed by atoms with van der Waals surface area (Å²) in [6.45, 7) is 6.06. The van der Waals surface area contributed by atoms with E-state index in [4.69, 9.17) is 5.73 Å². The van der Waals surface area contributed by atoms with E-state index in [1.807, 2.05) is 13.8 Å². The van der Waals surface area contributed by atoms with Crippen LogP contribution < -0.4 is 5.73 Å². The van der Waals surface area contributed by atoms with Gasteiger partial charge in [0.1, 0.15) is 21.7 Å². The van der Waals surface area contributed by atoms with Crippen LogP contribution in [0.25, 0.3) is 0 Å². The second-order valence-corrected chi connectivity index (χ2v) is 6.41. The molecule has 1 saturated carbocycles. The van der Waals surface area contributed by atoms with Crippen LogP contribution in [0.4, 0.5) is 5.82 Å². The van der Waals surface area contributed by atoms with Crippen LogP contribution in [0.5, 0.6) is 0 Å². The summed E-state index contributed by atoms with van der Waals surface area (Å²) in [5, 5.41) is 1.89. The topological polar surface area (TPSA) is 64.7 Å². The molecule has 0 bridgehead atoms. The van der Waals surface area contributed by atoms with Crippen molar-refractivity contribution in [2.75, 3.05) is 5.73 Å². The maximum absolute atomic E-state index is 6.02. The molecule has 0 amide bonds. The van der Waals surface area contributed by atoms with Crippen molar-refractivity contribution in [3.05, 3.63) is 34.8 Å². The Kier molecular flexibility index (Phi) is 3.38. The number of aromatic nitrogens is 3. The zero-order valence-corrected chi connectivity index (χ0v) is 12.8. The monoisotopic (exact) mass is 286 g/mol. The fraction of sp³-hybridized carbons (Fsp3) is 0.400. The van der Waals surface area contributed by atoms with E-state index < -0.39 is 0 Å². The second-order valence-electron chi connectivity index (χ2n) is 5.40. The van der Waals surface area contributed by atoms with Gasteiger partial charge in [0.25, 0.3) is 0 Å². The second kappa shape index (κ2) is 5.05. The van der Waals surface area contributed by atoms with Gasteiger partial charge in [0, 0.05) is 17.2 Å². The number of pyridine rings is 1. The third-order valence-electron chi connectivity index (χ3n) is 3.37. The van der Waals surface area contributed by atoms with E-state index in [0.717, 1.165) is 27.1 Å². The molecule has 0 radical (unpaired) electrons. The van der Waals surface area contributed by atoms with Crippen molar-refractivity contribution in [1.29, 1.82) is 0 Å². The van der Waals surface area contributed by atoms with Gasteiger partial charge in [-0.15, -0.1) is 0 Å². The number of hydrogen-bond donors (Lipinski definition) is 1. The summed E-state index contributed by atoms with van der Waals surface area (Å²) in [5.41, 5.74) is 9.19. The maximum atomic E-state index is 6.02. The van der Waals surface area contributed by atoms with Crippen molar-refractivity contribution in [2.45, 2.75) is 49.6 Å². The molecule has 1 aliphatic carbocycles. The first-order chi connectivity index (χ1) is 9.52. The van der Waals surface area contributed by atoms with Crippen LogP contribution in [0.2, 0.25) is 0 Å². The van der Waals surface area contributed by atoms with E-state index in [1.165, 1.54) is 18.4 Å². The lowest BCUT2D eigenvalue weighted by Crippen LogP contribution is -2.03. The number of anilines is 1. The molecular formula is C15H18N4S. The van der Waals surface area contributed by atoms with E-state index in [1.54, 1.807) is 11.8 Å². The minimum Gasteiger partial charge on any atom is -0.383 e. The molecule has 2 N–H and O–H groups in total. The standard InChI is InChI=1S/C15H18N4S/c1-8-6-9(2)17-12(7-8)20-15-10(3)13(16)18-14(19-15)11-4-5-11/h6-7,11H,4-5H2,1-3H3,(H2,16,18,19). The number of aryl methyl sites for hydroxylation is 2. The smallest absolute Gasteiger partial charge is 0.135 e. The first-order valence-electron chi connectivity index (χ1n) is 6.80. The van der Waals surface area contributed by atoms with Gasteiger partial charge in [-0.2, -0.15) is 0 Å². The van der Waals surface area contributed by atoms with Gasteiger partial charge in [-0.1, -0.05) is 0 Å². The van der Waals surface area contributed by atoms with Crippen molar-refractivity contribution in [3.63, 3.8) is 0 Å². The summed E-state index contributed by atoms with van der Waals surface area (Å²) in [7, 11) is 0. The van der Waals surface area contributed by atoms with E-state index in [-0.39, 0.29) is 0 Å². The molecule has 0 aromatic carbocycles. The highest BCUT2D eigenvalue weighted by atomic mass is 32.2. The van der Waals surface area contributed by atoms with Crippen LogP contribution >= 0.6 is 11.8 Å². The predicted molar refractivity (Wildman–Crippen MR) is 81.0 cm³/mol. The largest absolute Gasteiger partial charge is 0.383 e. The summed E-state index contributed by atoms with van der Waals surface area (Å²) in [6.07, 6.45) is 2.35. The van der Waals surface area contributed by atoms with Crippen LogP contribution in [0.15, 0.2) is 22.2 Å². The van der Waals surface area contributed by atoms with Crippen LogP contribution in [-0.2, 0) is 0 Å². The molecule has 5 heteroatoms. The average molecular weight is 286 g/mol. The molecule has 0 unspecified atom stereocenters. The van der Waals surface area contributed by atoms with Gasteiger partial charge in [0.15, 0.2) is 0 Å². The summed E-state index contributed by atoms with van der Waals surface area (Å²) in [6, 6.07) is 4.15. The predicted octanol–water partition coefficient (Wildman–Crippen LogP) is 3.41. The van der Waals surface area contributed by atoms with Crippen LogP contribution in [0.3, 0.4) is 0 Å². The Morgan fingerprint density at radius 2 is 1.85 bits per heavy atom. The molecule has 3 rings (SSSR count). The normalized spacial score (nSPS) is 14.6. The molecule has 2 heterocycles. The lowest BCUT2D eigenvalue weighted by molar-refractivity contribution is 0.866. The van der Waals surface area contributed by atoms with Gasteiger partial charge in [0.05, 0.1) is 0 Å². The van der Waals surface area contributed by atoms with Gasteiger partial charge in [-0.25, -0.2) is 15.0 Å². The van der Waals surface area contributed by atoms with E-state index in [2.05, 4.69) is 34.0 Å². The molecule has 0 saturated heterocycles. The molecule has 2 aromatic heterocycles. The fourth-order valence-corrected chi connectivity index (χ4v) is 3.14. The molecule has 0 aliphatic heterocycles. The van der Waals surface area contributed by atoms with Gasteiger partial charge < -0.3 is 5.73 Å². The molecule has 1 aliphatic rings. The van der Waals surface area contributed by atoms with Crippen molar-refractivity contribution < 1.29 is 0 Å². The van der Waals surface area contributed by atoms with Crippen molar-refractivity contribution in [1.82, 2.24) is 15.0 Å². The zero-order valence-electron chi connectivity index (χ0n) is 12.0. The number of nitrogens with zero attached hydrogens (tertiary/aromatic N) is 3. The van der Waals surface area contributed by atoms with Gasteiger partial charge >= 0.3 is 0 Å². The molecule has 0 atom stereocenters. The Labute approximate surface area is 123 Å². The maximum Gasteiger partial charge on any atom is 0.135 e. The Morgan fingerprint density at radius 1 is 1.10 bits per heavy atom. The first-order valence-corrected chi connectivity index (χ1v) is 7.61. The number of nitrogens with two attached hydrogens (primary N) is 1. The van der Waals surface area contributed by atoms with Gasteiger partial charge in [-0.3, -0.25) is 0 Å². The molecule has 0 spiro atoms. The van der Waals surface area contributed by atoms with E-state index in [9.17, 15) is 0 Å². The Morgan fingerprint density at radius 3 is 2.50 bits per heavy atom. The SMILES string of the molecule is Cc1cc(C)nc(Sc2nc(C3CC3)nc(N)c2C)c1. The quantitative estimate of drug-likeness (QED) is 0.876. The Bertz CT molecular complexity index is 645. The molecular weight excluding hydrogens is 268 g/mol. The highest BCUT2D eigenvalue weighted by molar-refractivity contribution is 7.99. The highest BCUT2D eigenvalue weighted by Gasteiger charge is 2.28. The number of hydrogen-bond acceptors (Lipinski definition) is 5. The summed E-state index contributed by atoms with van der Waals surface area (Å²) >= 11 is 1.57. The molecule has 2 aromatic rings. The minimum atomic E-state index is 0.504. The highest BCUT2D eigenvalue weighted by Crippen LogP contribution is 2.40. The summed E-state index contributed by atoms with van der Waals surface area (Å²) in [5.74, 6) is 1.98. The van der Waals surface area contributed by atoms with Crippen molar-refractivity contribution in [3.8, 4) is 0 Å². The van der Waals surface area contributed by atoms with Crippen molar-refractivity contribution in [2.24, 2.45) is 0 Å². The van der Waals surface area contributed by atoms with Crippen LogP contribution in [0.1, 0.15) is 41.4 Å². The minimum absolute atomic E-state index is 0.504. The van der Waals surface area contributed by atoms with Gasteiger partial charge in [0.2, 0.25) is 0 Å². The Balaban J connectivity index is 1.96. The average Bonchev–Trinajstić information content (AvgIpc) is 3.17. The third-order valence-corrected chi connectivity index (χ3v) is 4.38. The van der Waals surface area contributed by atoms with Crippen LogP contribution in [-0.4, -0.2) is 15.0 Å². The molecule has 20 heavy (non-hydrogen) atoms. The zero-order chi connectivity index (χ0) is 14.3. The van der Waals surface area contributed by atoms with E-state index >= 15 is 0 Å². The lowest BCUT2D eigenvalue weighted by Gasteiger charge is -2.09. The summed E-state index contributed by atoms with van der Waals surface area (Å²) < 4.78 is 0. The molecule has 104 valence electrons. The lowest BCUT2D eigenvalue weighted by atomic mass is 10.3. The molecule has 4 nitrogen and oxygen atoms in total. The van der Waals surface area contributed by atoms with Crippen molar-refractivity contribution >= 4 is 17.6 Å². The number of rotatable bonds is 3. The van der Waals surface area contributed by atoms with E-state index in [0.29, 0.717) is 11.7 Å². The third kappa shape index (κ3) is 2.77. The Hall–Kier alpha value is -1.62. The first kappa shape index (κ1) is 13.4. The fourth-order valence-electron chi connectivity index (χ4n) is 2.11. The van der Waals surface area contributed by atoms with Crippen LogP contribution in [0, 0.1) is 20.8 Å². The summed E-state index contributed by atoms with van der Waals surface area (Å²) in [4.78, 5) is 13.6. The van der Waals surface area contributed by atoms with Gasteiger partial charge in [-0.05, 0) is 63.1 Å².